The number of hydrogen-bond acceptors (Lipinski definition) is 3. The van der Waals surface area contributed by atoms with Crippen molar-refractivity contribution in [3.8, 4) is 0 Å². The topological polar surface area (TPSA) is 61.4 Å². The summed E-state index contributed by atoms with van der Waals surface area (Å²) < 4.78 is 0. The van der Waals surface area contributed by atoms with Crippen LogP contribution in [0.3, 0.4) is 0 Å². The van der Waals surface area contributed by atoms with Crippen molar-refractivity contribution in [1.29, 1.82) is 0 Å². The van der Waals surface area contributed by atoms with E-state index in [1.807, 2.05) is 19.1 Å². The minimum atomic E-state index is -0.205. The Balaban J connectivity index is 1.82. The average molecular weight is 261 g/mol. The molecule has 0 atom stereocenters. The number of amides is 2. The summed E-state index contributed by atoms with van der Waals surface area (Å²) in [5.41, 5.74) is 1.69. The lowest BCUT2D eigenvalue weighted by Gasteiger charge is -2.27. The summed E-state index contributed by atoms with van der Waals surface area (Å²) in [6.45, 7) is 5.08. The standard InChI is InChI=1S/C14H19N3O2/c1-11-2-4-12(5-3-11)14(19)16-10-13(18)17-8-6-15-7-9-17/h2-5,15H,6-10H2,1H3,(H,16,19). The van der Waals surface area contributed by atoms with Crippen molar-refractivity contribution in [2.45, 2.75) is 6.92 Å². The number of hydrogen-bond donors (Lipinski definition) is 2. The number of benzene rings is 1. The number of carbonyl (C=O) groups is 2. The molecule has 1 heterocycles. The second-order valence-corrected chi connectivity index (χ2v) is 4.68. The van der Waals surface area contributed by atoms with Gasteiger partial charge in [0.1, 0.15) is 0 Å². The zero-order chi connectivity index (χ0) is 13.7. The van der Waals surface area contributed by atoms with E-state index in [-0.39, 0.29) is 18.4 Å². The summed E-state index contributed by atoms with van der Waals surface area (Å²) in [4.78, 5) is 25.5. The molecule has 5 heteroatoms. The number of nitrogens with zero attached hydrogens (tertiary/aromatic N) is 1. The van der Waals surface area contributed by atoms with Gasteiger partial charge in [0.05, 0.1) is 6.54 Å². The van der Waals surface area contributed by atoms with E-state index in [4.69, 9.17) is 0 Å². The van der Waals surface area contributed by atoms with Crippen molar-refractivity contribution >= 4 is 11.8 Å². The lowest BCUT2D eigenvalue weighted by molar-refractivity contribution is -0.130. The third-order valence-corrected chi connectivity index (χ3v) is 3.18. The lowest BCUT2D eigenvalue weighted by atomic mass is 10.1. The predicted octanol–water partition coefficient (Wildman–Crippen LogP) is 0.157. The van der Waals surface area contributed by atoms with Gasteiger partial charge in [-0.1, -0.05) is 17.7 Å². The summed E-state index contributed by atoms with van der Waals surface area (Å²) in [7, 11) is 0. The van der Waals surface area contributed by atoms with E-state index in [1.54, 1.807) is 17.0 Å². The largest absolute Gasteiger partial charge is 0.343 e. The fourth-order valence-corrected chi connectivity index (χ4v) is 1.99. The zero-order valence-electron chi connectivity index (χ0n) is 11.1. The molecule has 2 N–H and O–H groups in total. The maximum absolute atomic E-state index is 11.9. The van der Waals surface area contributed by atoms with Crippen LogP contribution in [0.4, 0.5) is 0 Å². The van der Waals surface area contributed by atoms with E-state index in [1.165, 1.54) is 0 Å². The molecular weight excluding hydrogens is 242 g/mol. The molecule has 1 aliphatic heterocycles. The zero-order valence-corrected chi connectivity index (χ0v) is 11.1. The molecular formula is C14H19N3O2. The first-order valence-corrected chi connectivity index (χ1v) is 6.50. The molecule has 0 saturated carbocycles. The van der Waals surface area contributed by atoms with Crippen LogP contribution in [0.2, 0.25) is 0 Å². The van der Waals surface area contributed by atoms with Gasteiger partial charge in [-0.15, -0.1) is 0 Å². The van der Waals surface area contributed by atoms with E-state index >= 15 is 0 Å². The van der Waals surface area contributed by atoms with Gasteiger partial charge in [0, 0.05) is 31.7 Å². The summed E-state index contributed by atoms with van der Waals surface area (Å²) in [5.74, 6) is -0.231. The smallest absolute Gasteiger partial charge is 0.251 e. The van der Waals surface area contributed by atoms with Crippen LogP contribution in [0.15, 0.2) is 24.3 Å². The molecule has 0 radical (unpaired) electrons. The molecule has 0 aliphatic carbocycles. The normalized spacial score (nSPS) is 15.1. The number of carbonyl (C=O) groups excluding carboxylic acids is 2. The minimum absolute atomic E-state index is 0.0260. The van der Waals surface area contributed by atoms with Gasteiger partial charge < -0.3 is 15.5 Å². The van der Waals surface area contributed by atoms with E-state index in [9.17, 15) is 9.59 Å². The van der Waals surface area contributed by atoms with Crippen molar-refractivity contribution in [2.24, 2.45) is 0 Å². The van der Waals surface area contributed by atoms with Gasteiger partial charge in [0.15, 0.2) is 0 Å². The van der Waals surface area contributed by atoms with Crippen molar-refractivity contribution < 1.29 is 9.59 Å². The fourth-order valence-electron chi connectivity index (χ4n) is 1.99. The summed E-state index contributed by atoms with van der Waals surface area (Å²) in [6.07, 6.45) is 0. The Hall–Kier alpha value is -1.88. The van der Waals surface area contributed by atoms with Crippen LogP contribution in [-0.2, 0) is 4.79 Å². The Morgan fingerprint density at radius 2 is 1.84 bits per heavy atom. The molecule has 0 spiro atoms. The molecule has 1 aromatic carbocycles. The molecule has 1 aliphatic rings. The van der Waals surface area contributed by atoms with Crippen molar-refractivity contribution in [1.82, 2.24) is 15.5 Å². The Kier molecular flexibility index (Phi) is 4.52. The molecule has 2 amide bonds. The van der Waals surface area contributed by atoms with Crippen molar-refractivity contribution in [3.05, 3.63) is 35.4 Å². The van der Waals surface area contributed by atoms with E-state index in [0.717, 1.165) is 18.7 Å². The Morgan fingerprint density at radius 1 is 1.21 bits per heavy atom. The first-order valence-electron chi connectivity index (χ1n) is 6.50. The molecule has 102 valence electrons. The summed E-state index contributed by atoms with van der Waals surface area (Å²) >= 11 is 0. The molecule has 2 rings (SSSR count). The number of piperazine rings is 1. The van der Waals surface area contributed by atoms with Crippen LogP contribution >= 0.6 is 0 Å². The molecule has 1 fully saturated rings. The van der Waals surface area contributed by atoms with E-state index in [2.05, 4.69) is 10.6 Å². The van der Waals surface area contributed by atoms with Gasteiger partial charge in [-0.25, -0.2) is 0 Å². The maximum atomic E-state index is 11.9. The van der Waals surface area contributed by atoms with Crippen LogP contribution in [0.5, 0.6) is 0 Å². The van der Waals surface area contributed by atoms with Crippen LogP contribution in [0, 0.1) is 6.92 Å². The van der Waals surface area contributed by atoms with Gasteiger partial charge in [0.2, 0.25) is 5.91 Å². The minimum Gasteiger partial charge on any atom is -0.343 e. The van der Waals surface area contributed by atoms with Gasteiger partial charge in [-0.05, 0) is 19.1 Å². The molecule has 1 aromatic rings. The van der Waals surface area contributed by atoms with Gasteiger partial charge in [-0.2, -0.15) is 0 Å². The van der Waals surface area contributed by atoms with E-state index in [0.29, 0.717) is 18.7 Å². The highest BCUT2D eigenvalue weighted by molar-refractivity contribution is 5.96. The van der Waals surface area contributed by atoms with Crippen LogP contribution in [0.1, 0.15) is 15.9 Å². The van der Waals surface area contributed by atoms with E-state index < -0.39 is 0 Å². The Morgan fingerprint density at radius 3 is 2.47 bits per heavy atom. The van der Waals surface area contributed by atoms with Crippen LogP contribution in [0.25, 0.3) is 0 Å². The highest BCUT2D eigenvalue weighted by atomic mass is 16.2. The summed E-state index contributed by atoms with van der Waals surface area (Å²) in [6, 6.07) is 7.29. The lowest BCUT2D eigenvalue weighted by Crippen LogP contribution is -2.49. The second kappa shape index (κ2) is 6.33. The first kappa shape index (κ1) is 13.5. The molecule has 0 bridgehead atoms. The van der Waals surface area contributed by atoms with Crippen molar-refractivity contribution in [2.75, 3.05) is 32.7 Å². The predicted molar refractivity (Wildman–Crippen MR) is 73.0 cm³/mol. The molecule has 19 heavy (non-hydrogen) atoms. The van der Waals surface area contributed by atoms with Crippen molar-refractivity contribution in [3.63, 3.8) is 0 Å². The quantitative estimate of drug-likeness (QED) is 0.814. The highest BCUT2D eigenvalue weighted by Gasteiger charge is 2.16. The molecule has 0 unspecified atom stereocenters. The second-order valence-electron chi connectivity index (χ2n) is 4.68. The average Bonchev–Trinajstić information content (AvgIpc) is 2.46. The maximum Gasteiger partial charge on any atom is 0.251 e. The number of aryl methyl sites for hydroxylation is 1. The molecule has 5 nitrogen and oxygen atoms in total. The number of nitrogens with one attached hydrogen (secondary N) is 2. The molecule has 1 saturated heterocycles. The monoisotopic (exact) mass is 261 g/mol. The van der Waals surface area contributed by atoms with Gasteiger partial charge in [0.25, 0.3) is 5.91 Å². The molecule has 0 aromatic heterocycles. The third-order valence-electron chi connectivity index (χ3n) is 3.18. The highest BCUT2D eigenvalue weighted by Crippen LogP contribution is 2.02. The first-order chi connectivity index (χ1) is 9.16. The SMILES string of the molecule is Cc1ccc(C(=O)NCC(=O)N2CCNCC2)cc1. The Bertz CT molecular complexity index is 450. The Labute approximate surface area is 113 Å². The van der Waals surface area contributed by atoms with Gasteiger partial charge >= 0.3 is 0 Å². The van der Waals surface area contributed by atoms with Crippen LogP contribution < -0.4 is 10.6 Å². The van der Waals surface area contributed by atoms with Crippen LogP contribution in [-0.4, -0.2) is 49.4 Å². The third kappa shape index (κ3) is 3.79. The van der Waals surface area contributed by atoms with Gasteiger partial charge in [-0.3, -0.25) is 9.59 Å². The number of rotatable bonds is 3. The fraction of sp³-hybridized carbons (Fsp3) is 0.429. The summed E-state index contributed by atoms with van der Waals surface area (Å²) in [5, 5.41) is 5.85.